The third kappa shape index (κ3) is 4.11. The number of halogens is 1. The van der Waals surface area contributed by atoms with E-state index in [1.807, 2.05) is 6.92 Å². The lowest BCUT2D eigenvalue weighted by molar-refractivity contribution is -0.0384. The van der Waals surface area contributed by atoms with Crippen molar-refractivity contribution in [1.29, 1.82) is 0 Å². The van der Waals surface area contributed by atoms with Crippen molar-refractivity contribution in [1.82, 2.24) is 14.8 Å². The van der Waals surface area contributed by atoms with Gasteiger partial charge in [-0.15, -0.1) is 0 Å². The first-order valence-corrected chi connectivity index (χ1v) is 7.33. The summed E-state index contributed by atoms with van der Waals surface area (Å²) >= 11 is 0. The molecule has 2 rings (SSSR count). The van der Waals surface area contributed by atoms with Crippen molar-refractivity contribution in [3.63, 3.8) is 0 Å². The monoisotopic (exact) mass is 291 g/mol. The molecule has 0 saturated heterocycles. The third-order valence-electron chi connectivity index (χ3n) is 4.19. The number of aromatic nitrogens is 3. The van der Waals surface area contributed by atoms with Crippen LogP contribution in [0.15, 0.2) is 36.9 Å². The van der Waals surface area contributed by atoms with Gasteiger partial charge in [-0.1, -0.05) is 32.4 Å². The minimum absolute atomic E-state index is 0.141. The summed E-state index contributed by atoms with van der Waals surface area (Å²) in [6.45, 7) is 4.53. The van der Waals surface area contributed by atoms with Gasteiger partial charge in [-0.05, 0) is 36.5 Å². The molecule has 0 amide bonds. The predicted octanol–water partition coefficient (Wildman–Crippen LogP) is 2.83. The molecule has 2 unspecified atom stereocenters. The summed E-state index contributed by atoms with van der Waals surface area (Å²) in [5, 5.41) is 15.1. The molecular formula is C16H22FN3O. The maximum absolute atomic E-state index is 12.9. The van der Waals surface area contributed by atoms with E-state index in [1.165, 1.54) is 18.5 Å². The van der Waals surface area contributed by atoms with Crippen molar-refractivity contribution >= 4 is 0 Å². The Morgan fingerprint density at radius 3 is 2.62 bits per heavy atom. The lowest BCUT2D eigenvalue weighted by atomic mass is 9.82. The smallest absolute Gasteiger partial charge is 0.137 e. The van der Waals surface area contributed by atoms with Gasteiger partial charge >= 0.3 is 0 Å². The fourth-order valence-electron chi connectivity index (χ4n) is 2.47. The van der Waals surface area contributed by atoms with Crippen LogP contribution in [0.3, 0.4) is 0 Å². The van der Waals surface area contributed by atoms with E-state index in [2.05, 4.69) is 17.0 Å². The summed E-state index contributed by atoms with van der Waals surface area (Å²) in [5.41, 5.74) is 0.174. The molecule has 0 aliphatic rings. The Hall–Kier alpha value is -1.75. The number of rotatable bonds is 7. The van der Waals surface area contributed by atoms with Crippen LogP contribution in [0.25, 0.3) is 0 Å². The first kappa shape index (κ1) is 15.6. The van der Waals surface area contributed by atoms with Crippen molar-refractivity contribution in [2.75, 3.05) is 0 Å². The van der Waals surface area contributed by atoms with Gasteiger partial charge in [-0.2, -0.15) is 5.10 Å². The zero-order valence-electron chi connectivity index (χ0n) is 12.5. The number of hydrogen-bond acceptors (Lipinski definition) is 3. The van der Waals surface area contributed by atoms with Crippen LogP contribution in [-0.4, -0.2) is 25.5 Å². The van der Waals surface area contributed by atoms with Gasteiger partial charge < -0.3 is 5.11 Å². The first-order valence-electron chi connectivity index (χ1n) is 7.33. The van der Waals surface area contributed by atoms with Gasteiger partial charge in [-0.3, -0.25) is 4.68 Å². The largest absolute Gasteiger partial charge is 0.388 e. The summed E-state index contributed by atoms with van der Waals surface area (Å²) in [6.07, 6.45) is 5.28. The summed E-state index contributed by atoms with van der Waals surface area (Å²) in [4.78, 5) is 3.92. The molecular weight excluding hydrogens is 269 g/mol. The van der Waals surface area contributed by atoms with E-state index in [4.69, 9.17) is 0 Å². The summed E-state index contributed by atoms with van der Waals surface area (Å²) in [7, 11) is 0. The Bertz CT molecular complexity index is 541. The quantitative estimate of drug-likeness (QED) is 0.853. The highest BCUT2D eigenvalue weighted by atomic mass is 19.1. The predicted molar refractivity (Wildman–Crippen MR) is 79.1 cm³/mol. The van der Waals surface area contributed by atoms with Crippen LogP contribution in [0.5, 0.6) is 0 Å². The van der Waals surface area contributed by atoms with Gasteiger partial charge in [-0.25, -0.2) is 9.37 Å². The van der Waals surface area contributed by atoms with Crippen molar-refractivity contribution in [2.45, 2.75) is 45.3 Å². The molecule has 1 heterocycles. The molecule has 0 fully saturated rings. The molecule has 2 aromatic rings. The van der Waals surface area contributed by atoms with Crippen LogP contribution < -0.4 is 0 Å². The van der Waals surface area contributed by atoms with Crippen molar-refractivity contribution in [3.05, 3.63) is 48.3 Å². The van der Waals surface area contributed by atoms with Gasteiger partial charge in [0.1, 0.15) is 18.5 Å². The second-order valence-corrected chi connectivity index (χ2v) is 5.63. The van der Waals surface area contributed by atoms with E-state index >= 15 is 0 Å². The Labute approximate surface area is 124 Å². The maximum Gasteiger partial charge on any atom is 0.137 e. The van der Waals surface area contributed by atoms with Gasteiger partial charge in [0, 0.05) is 0 Å². The Balaban J connectivity index is 2.06. The Morgan fingerprint density at radius 1 is 1.33 bits per heavy atom. The molecule has 21 heavy (non-hydrogen) atoms. The molecule has 0 aliphatic heterocycles. The summed E-state index contributed by atoms with van der Waals surface area (Å²) in [5.74, 6) is -0.0966. The fraction of sp³-hybridized carbons (Fsp3) is 0.500. The standard InChI is InChI=1S/C16H22FN3O/c1-3-13(2)16(21,10-20-12-18-11-19-20)9-8-14-4-6-15(17)7-5-14/h4-7,11-13,21H,3,8-10H2,1-2H3. The molecule has 0 radical (unpaired) electrons. The van der Waals surface area contributed by atoms with E-state index in [0.29, 0.717) is 19.4 Å². The van der Waals surface area contributed by atoms with E-state index in [0.717, 1.165) is 12.0 Å². The number of aryl methyl sites for hydroxylation is 1. The van der Waals surface area contributed by atoms with E-state index in [9.17, 15) is 9.50 Å². The molecule has 0 spiro atoms. The van der Waals surface area contributed by atoms with Crippen LogP contribution in [-0.2, 0) is 13.0 Å². The van der Waals surface area contributed by atoms with Gasteiger partial charge in [0.15, 0.2) is 0 Å². The average Bonchev–Trinajstić information content (AvgIpc) is 2.98. The summed E-state index contributed by atoms with van der Waals surface area (Å²) < 4.78 is 14.6. The van der Waals surface area contributed by atoms with Gasteiger partial charge in [0.2, 0.25) is 0 Å². The topological polar surface area (TPSA) is 50.9 Å². The maximum atomic E-state index is 12.9. The zero-order chi connectivity index (χ0) is 15.3. The fourth-order valence-corrected chi connectivity index (χ4v) is 2.47. The Morgan fingerprint density at radius 2 is 2.05 bits per heavy atom. The second kappa shape index (κ2) is 6.80. The minimum Gasteiger partial charge on any atom is -0.388 e. The molecule has 0 saturated carbocycles. The van der Waals surface area contributed by atoms with Gasteiger partial charge in [0.25, 0.3) is 0 Å². The zero-order valence-corrected chi connectivity index (χ0v) is 12.5. The second-order valence-electron chi connectivity index (χ2n) is 5.63. The van der Waals surface area contributed by atoms with Crippen molar-refractivity contribution in [2.24, 2.45) is 5.92 Å². The third-order valence-corrected chi connectivity index (χ3v) is 4.19. The molecule has 0 bridgehead atoms. The minimum atomic E-state index is -0.850. The highest BCUT2D eigenvalue weighted by molar-refractivity contribution is 5.16. The van der Waals surface area contributed by atoms with E-state index < -0.39 is 5.60 Å². The molecule has 5 heteroatoms. The normalized spacial score (nSPS) is 15.6. The van der Waals surface area contributed by atoms with Crippen LogP contribution in [0, 0.1) is 11.7 Å². The Kier molecular flexibility index (Phi) is 5.07. The van der Waals surface area contributed by atoms with E-state index in [1.54, 1.807) is 23.1 Å². The van der Waals surface area contributed by atoms with Crippen LogP contribution >= 0.6 is 0 Å². The number of benzene rings is 1. The average molecular weight is 291 g/mol. The highest BCUT2D eigenvalue weighted by Crippen LogP contribution is 2.28. The molecule has 114 valence electrons. The lowest BCUT2D eigenvalue weighted by Gasteiger charge is -2.33. The van der Waals surface area contributed by atoms with Crippen molar-refractivity contribution in [3.8, 4) is 0 Å². The number of nitrogens with zero attached hydrogens (tertiary/aromatic N) is 3. The summed E-state index contributed by atoms with van der Waals surface area (Å²) in [6, 6.07) is 6.44. The molecule has 2 atom stereocenters. The molecule has 1 N–H and O–H groups in total. The number of aliphatic hydroxyl groups is 1. The SMILES string of the molecule is CCC(C)C(O)(CCc1ccc(F)cc1)Cn1cncn1. The molecule has 1 aromatic carbocycles. The van der Waals surface area contributed by atoms with Crippen LogP contribution in [0.1, 0.15) is 32.3 Å². The van der Waals surface area contributed by atoms with Crippen molar-refractivity contribution < 1.29 is 9.50 Å². The van der Waals surface area contributed by atoms with Crippen LogP contribution in [0.2, 0.25) is 0 Å². The number of hydrogen-bond donors (Lipinski definition) is 1. The van der Waals surface area contributed by atoms with Gasteiger partial charge in [0.05, 0.1) is 12.1 Å². The molecule has 4 nitrogen and oxygen atoms in total. The highest BCUT2D eigenvalue weighted by Gasteiger charge is 2.33. The lowest BCUT2D eigenvalue weighted by Crippen LogP contribution is -2.41. The first-order chi connectivity index (χ1) is 10.0. The van der Waals surface area contributed by atoms with Crippen LogP contribution in [0.4, 0.5) is 4.39 Å². The molecule has 0 aliphatic carbocycles. The van der Waals surface area contributed by atoms with E-state index in [-0.39, 0.29) is 11.7 Å². The molecule has 1 aromatic heterocycles.